The molecule has 1 saturated heterocycles. The highest BCUT2D eigenvalue weighted by Gasteiger charge is 2.41. The molecule has 6 nitrogen and oxygen atoms in total. The summed E-state index contributed by atoms with van der Waals surface area (Å²) in [5.41, 5.74) is 1.87. The van der Waals surface area contributed by atoms with Crippen LogP contribution < -0.4 is 0 Å². The van der Waals surface area contributed by atoms with E-state index in [9.17, 15) is 4.79 Å². The average molecular weight is 357 g/mol. The maximum absolute atomic E-state index is 12.0. The number of nitrogens with zero attached hydrogens (tertiary/aromatic N) is 1. The van der Waals surface area contributed by atoms with E-state index >= 15 is 0 Å². The standard InChI is InChI=1S/C20H23NO5/c22-19(23-14-15-4-2-1-3-5-15)13-17-12-18(21-26-17)16-6-8-20(9-7-16)24-10-11-25-20/h1-5,12,16H,6-11,13-14H2. The smallest absolute Gasteiger partial charge is 0.313 e. The van der Waals surface area contributed by atoms with Crippen LogP contribution in [0.4, 0.5) is 0 Å². The summed E-state index contributed by atoms with van der Waals surface area (Å²) in [4.78, 5) is 12.0. The summed E-state index contributed by atoms with van der Waals surface area (Å²) < 4.78 is 22.2. The second kappa shape index (κ2) is 7.60. The van der Waals surface area contributed by atoms with E-state index in [0.717, 1.165) is 36.9 Å². The number of hydrogen-bond donors (Lipinski definition) is 0. The molecule has 0 atom stereocenters. The highest BCUT2D eigenvalue weighted by atomic mass is 16.7. The molecule has 26 heavy (non-hydrogen) atoms. The Kier molecular flexibility index (Phi) is 5.04. The van der Waals surface area contributed by atoms with E-state index in [1.54, 1.807) is 0 Å². The van der Waals surface area contributed by atoms with Crippen LogP contribution in [0, 0.1) is 0 Å². The minimum absolute atomic E-state index is 0.0999. The van der Waals surface area contributed by atoms with Gasteiger partial charge in [0.1, 0.15) is 18.8 Å². The van der Waals surface area contributed by atoms with Crippen LogP contribution in [-0.2, 0) is 32.0 Å². The Balaban J connectivity index is 1.27. The van der Waals surface area contributed by atoms with Crippen molar-refractivity contribution >= 4 is 5.97 Å². The zero-order valence-electron chi connectivity index (χ0n) is 14.7. The first kappa shape index (κ1) is 17.2. The van der Waals surface area contributed by atoms with Crippen molar-refractivity contribution in [2.75, 3.05) is 13.2 Å². The Bertz CT molecular complexity index is 726. The SMILES string of the molecule is O=C(Cc1cc(C2CCC3(CC2)OCCO3)no1)OCc1ccccc1. The fraction of sp³-hybridized carbons (Fsp3) is 0.500. The molecule has 2 aromatic rings. The van der Waals surface area contributed by atoms with Crippen LogP contribution in [0.25, 0.3) is 0 Å². The number of ether oxygens (including phenoxy) is 3. The molecule has 1 aromatic carbocycles. The van der Waals surface area contributed by atoms with Crippen molar-refractivity contribution in [1.29, 1.82) is 0 Å². The lowest BCUT2D eigenvalue weighted by molar-refractivity contribution is -0.179. The van der Waals surface area contributed by atoms with Gasteiger partial charge >= 0.3 is 5.97 Å². The molecule has 0 amide bonds. The Morgan fingerprint density at radius 1 is 1.15 bits per heavy atom. The molecule has 2 fully saturated rings. The van der Waals surface area contributed by atoms with Crippen LogP contribution in [0.1, 0.15) is 48.6 Å². The predicted molar refractivity (Wildman–Crippen MR) is 92.3 cm³/mol. The lowest BCUT2D eigenvalue weighted by atomic mass is 9.83. The van der Waals surface area contributed by atoms with Crippen molar-refractivity contribution in [2.45, 2.75) is 50.4 Å². The second-order valence-corrected chi connectivity index (χ2v) is 6.92. The number of carbonyl (C=O) groups is 1. The maximum Gasteiger partial charge on any atom is 0.313 e. The highest BCUT2D eigenvalue weighted by molar-refractivity contribution is 5.71. The molecule has 2 heterocycles. The van der Waals surface area contributed by atoms with Crippen molar-refractivity contribution in [3.63, 3.8) is 0 Å². The van der Waals surface area contributed by atoms with E-state index in [0.29, 0.717) is 24.9 Å². The molecule has 4 rings (SSSR count). The fourth-order valence-corrected chi connectivity index (χ4v) is 3.68. The number of carbonyl (C=O) groups excluding carboxylic acids is 1. The number of rotatable bonds is 5. The van der Waals surface area contributed by atoms with Gasteiger partial charge in [-0.1, -0.05) is 35.5 Å². The molecule has 2 aliphatic rings. The number of hydrogen-bond acceptors (Lipinski definition) is 6. The van der Waals surface area contributed by atoms with Gasteiger partial charge in [0.25, 0.3) is 0 Å². The van der Waals surface area contributed by atoms with E-state index in [1.165, 1.54) is 0 Å². The summed E-state index contributed by atoms with van der Waals surface area (Å²) in [7, 11) is 0. The van der Waals surface area contributed by atoms with Crippen LogP contribution >= 0.6 is 0 Å². The number of aromatic nitrogens is 1. The van der Waals surface area contributed by atoms with Gasteiger partial charge in [-0.2, -0.15) is 0 Å². The number of benzene rings is 1. The van der Waals surface area contributed by atoms with Gasteiger partial charge in [-0.25, -0.2) is 0 Å². The Hall–Kier alpha value is -2.18. The molecule has 138 valence electrons. The normalized spacial score (nSPS) is 19.7. The van der Waals surface area contributed by atoms with E-state index in [4.69, 9.17) is 18.7 Å². The molecular formula is C20H23NO5. The molecule has 1 aliphatic carbocycles. The largest absolute Gasteiger partial charge is 0.460 e. The third-order valence-electron chi connectivity index (χ3n) is 5.12. The zero-order chi connectivity index (χ0) is 17.8. The summed E-state index contributed by atoms with van der Waals surface area (Å²) in [6, 6.07) is 11.5. The lowest BCUT2D eigenvalue weighted by Gasteiger charge is -2.34. The number of esters is 1. The molecule has 1 saturated carbocycles. The van der Waals surface area contributed by atoms with Gasteiger partial charge < -0.3 is 18.7 Å². The Morgan fingerprint density at radius 2 is 1.88 bits per heavy atom. The van der Waals surface area contributed by atoms with Crippen molar-refractivity contribution < 1.29 is 23.5 Å². The minimum atomic E-state index is -0.371. The summed E-state index contributed by atoms with van der Waals surface area (Å²) in [6.07, 6.45) is 3.75. The molecule has 0 unspecified atom stereocenters. The molecule has 0 radical (unpaired) electrons. The zero-order valence-corrected chi connectivity index (χ0v) is 14.7. The van der Waals surface area contributed by atoms with Gasteiger partial charge in [0.15, 0.2) is 5.79 Å². The van der Waals surface area contributed by atoms with Gasteiger partial charge in [0.2, 0.25) is 0 Å². The van der Waals surface area contributed by atoms with Crippen LogP contribution in [0.2, 0.25) is 0 Å². The Labute approximate surface area is 152 Å². The topological polar surface area (TPSA) is 70.8 Å². The van der Waals surface area contributed by atoms with Crippen molar-refractivity contribution in [2.24, 2.45) is 0 Å². The first-order valence-corrected chi connectivity index (χ1v) is 9.15. The predicted octanol–water partition coefficient (Wildman–Crippen LogP) is 3.36. The van der Waals surface area contributed by atoms with E-state index in [1.807, 2.05) is 36.4 Å². The average Bonchev–Trinajstić information content (AvgIpc) is 3.32. The second-order valence-electron chi connectivity index (χ2n) is 6.92. The van der Waals surface area contributed by atoms with Crippen LogP contribution in [-0.4, -0.2) is 30.1 Å². The van der Waals surface area contributed by atoms with Crippen molar-refractivity contribution in [1.82, 2.24) is 5.16 Å². The fourth-order valence-electron chi connectivity index (χ4n) is 3.68. The molecule has 1 spiro atoms. The minimum Gasteiger partial charge on any atom is -0.460 e. The van der Waals surface area contributed by atoms with Crippen molar-refractivity contribution in [3.8, 4) is 0 Å². The van der Waals surface area contributed by atoms with Crippen LogP contribution in [0.3, 0.4) is 0 Å². The molecule has 1 aliphatic heterocycles. The Morgan fingerprint density at radius 3 is 2.62 bits per heavy atom. The summed E-state index contributed by atoms with van der Waals surface area (Å²) in [5.74, 6) is 0.189. The summed E-state index contributed by atoms with van der Waals surface area (Å²) >= 11 is 0. The van der Waals surface area contributed by atoms with E-state index < -0.39 is 0 Å². The molecule has 0 N–H and O–H groups in total. The van der Waals surface area contributed by atoms with Gasteiger partial charge in [0.05, 0.1) is 18.9 Å². The van der Waals surface area contributed by atoms with Gasteiger partial charge in [-0.05, 0) is 18.4 Å². The highest BCUT2D eigenvalue weighted by Crippen LogP contribution is 2.42. The third-order valence-corrected chi connectivity index (χ3v) is 5.12. The summed E-state index contributed by atoms with van der Waals surface area (Å²) in [5, 5.41) is 4.16. The van der Waals surface area contributed by atoms with Crippen LogP contribution in [0.15, 0.2) is 40.9 Å². The van der Waals surface area contributed by atoms with Gasteiger partial charge in [0, 0.05) is 24.8 Å². The lowest BCUT2D eigenvalue weighted by Crippen LogP contribution is -2.34. The van der Waals surface area contributed by atoms with E-state index in [-0.39, 0.29) is 24.8 Å². The van der Waals surface area contributed by atoms with Gasteiger partial charge in [-0.3, -0.25) is 4.79 Å². The molecule has 0 bridgehead atoms. The summed E-state index contributed by atoms with van der Waals surface area (Å²) in [6.45, 7) is 1.64. The van der Waals surface area contributed by atoms with E-state index in [2.05, 4.69) is 5.16 Å². The maximum atomic E-state index is 12.0. The quantitative estimate of drug-likeness (QED) is 0.764. The first-order chi connectivity index (χ1) is 12.7. The first-order valence-electron chi connectivity index (χ1n) is 9.15. The van der Waals surface area contributed by atoms with Gasteiger partial charge in [-0.15, -0.1) is 0 Å². The van der Waals surface area contributed by atoms with Crippen molar-refractivity contribution in [3.05, 3.63) is 53.4 Å². The van der Waals surface area contributed by atoms with Crippen LogP contribution in [0.5, 0.6) is 0 Å². The molecule has 1 aromatic heterocycles. The monoisotopic (exact) mass is 357 g/mol. The third kappa shape index (κ3) is 3.97. The molecule has 6 heteroatoms. The molecular weight excluding hydrogens is 334 g/mol.